The molecule has 4 aliphatic rings. The summed E-state index contributed by atoms with van der Waals surface area (Å²) in [5, 5.41) is 11.7. The Balaban J connectivity index is 1.76. The second-order valence-corrected chi connectivity index (χ2v) is 11.6. The van der Waals surface area contributed by atoms with Gasteiger partial charge in [0.1, 0.15) is 12.4 Å². The minimum atomic E-state index is -1.23. The number of rotatable bonds is 7. The third-order valence-corrected chi connectivity index (χ3v) is 9.75. The highest BCUT2D eigenvalue weighted by molar-refractivity contribution is 6.01. The Bertz CT molecular complexity index is 953. The molecule has 0 aromatic heterocycles. The highest BCUT2D eigenvalue weighted by Gasteiger charge is 2.72. The van der Waals surface area contributed by atoms with E-state index in [0.717, 1.165) is 18.4 Å². The summed E-state index contributed by atoms with van der Waals surface area (Å²) in [4.78, 5) is 37.5. The van der Waals surface area contributed by atoms with Crippen molar-refractivity contribution in [3.8, 4) is 0 Å². The van der Waals surface area contributed by atoms with E-state index in [0.29, 0.717) is 13.0 Å². The quantitative estimate of drug-likeness (QED) is 0.332. The summed E-state index contributed by atoms with van der Waals surface area (Å²) in [6.07, 6.45) is 6.71. The number of aliphatic hydroxyl groups excluding tert-OH is 1. The zero-order valence-electron chi connectivity index (χ0n) is 21.8. The summed E-state index contributed by atoms with van der Waals surface area (Å²) in [5.74, 6) is -0.499. The minimum absolute atomic E-state index is 0.00631. The molecule has 3 fully saturated rings. The first-order valence-corrected chi connectivity index (χ1v) is 12.9. The highest BCUT2D eigenvalue weighted by atomic mass is 16.7. The third kappa shape index (κ3) is 3.85. The number of Topliss-reactive ketones (excluding diaryl/α,β-unsaturated/α-hetero) is 1. The maximum Gasteiger partial charge on any atom is 0.303 e. The van der Waals surface area contributed by atoms with Crippen molar-refractivity contribution >= 4 is 17.5 Å². The van der Waals surface area contributed by atoms with Crippen LogP contribution in [0.2, 0.25) is 0 Å². The number of ketones is 2. The molecule has 0 heterocycles. The standard InChI is InChI=1S/C28H40O7/c1-7-33-15-35-28(24(32)14-34-18(4)29)17(3)11-22-20-10-16(2)21-12-19(30)8-9-26(21,5)25(20)23(31)13-27(22,28)6/h8-9,12,16-17,20,22-23,25,31H,7,10-11,13-15H2,1-6H3/t16?,17?,20-,22-,23?,25+,26-,27-,28-/m0/s1. The number of hydrogen-bond donors (Lipinski definition) is 1. The molecule has 4 aliphatic carbocycles. The lowest BCUT2D eigenvalue weighted by Gasteiger charge is -2.61. The average Bonchev–Trinajstić information content (AvgIpc) is 3.00. The number of hydrogen-bond acceptors (Lipinski definition) is 7. The number of esters is 1. The fourth-order valence-corrected chi connectivity index (χ4v) is 8.54. The van der Waals surface area contributed by atoms with Gasteiger partial charge in [0.15, 0.2) is 12.4 Å². The first kappa shape index (κ1) is 26.2. The van der Waals surface area contributed by atoms with Crippen LogP contribution < -0.4 is 0 Å². The molecule has 0 spiro atoms. The average molecular weight is 489 g/mol. The molecule has 4 rings (SSSR count). The maximum atomic E-state index is 13.8. The van der Waals surface area contributed by atoms with Crippen molar-refractivity contribution in [1.82, 2.24) is 0 Å². The first-order valence-electron chi connectivity index (χ1n) is 12.9. The predicted molar refractivity (Wildman–Crippen MR) is 129 cm³/mol. The largest absolute Gasteiger partial charge is 0.458 e. The number of fused-ring (bicyclic) bond motifs is 5. The van der Waals surface area contributed by atoms with E-state index >= 15 is 0 Å². The molecule has 0 aromatic rings. The van der Waals surface area contributed by atoms with Crippen LogP contribution in [0.1, 0.15) is 60.8 Å². The van der Waals surface area contributed by atoms with Crippen molar-refractivity contribution < 1.29 is 33.7 Å². The SMILES string of the molecule is CCOCO[C@]1(C(=O)COC(C)=O)C(C)C[C@H]2[C@@H]3CC(C)C4=CC(=O)C=C[C@]4(C)[C@H]3C(O)C[C@@]21C. The molecule has 0 amide bonds. The Morgan fingerprint density at radius 2 is 1.91 bits per heavy atom. The topological polar surface area (TPSA) is 99.1 Å². The molecule has 0 aliphatic heterocycles. The number of allylic oxidation sites excluding steroid dienone is 4. The lowest BCUT2D eigenvalue weighted by molar-refractivity contribution is -0.226. The molecule has 35 heavy (non-hydrogen) atoms. The van der Waals surface area contributed by atoms with Gasteiger partial charge < -0.3 is 19.3 Å². The second-order valence-electron chi connectivity index (χ2n) is 11.6. The molecule has 3 unspecified atom stereocenters. The van der Waals surface area contributed by atoms with Crippen LogP contribution in [0.5, 0.6) is 0 Å². The van der Waals surface area contributed by atoms with Crippen LogP contribution in [-0.4, -0.2) is 54.4 Å². The zero-order valence-corrected chi connectivity index (χ0v) is 21.8. The molecule has 194 valence electrons. The highest BCUT2D eigenvalue weighted by Crippen LogP contribution is 2.69. The molecular formula is C28H40O7. The monoisotopic (exact) mass is 488 g/mol. The van der Waals surface area contributed by atoms with Crippen LogP contribution in [-0.2, 0) is 28.6 Å². The van der Waals surface area contributed by atoms with E-state index in [4.69, 9.17) is 14.2 Å². The van der Waals surface area contributed by atoms with Gasteiger partial charge in [-0.2, -0.15) is 0 Å². The van der Waals surface area contributed by atoms with Crippen LogP contribution in [0.15, 0.2) is 23.8 Å². The van der Waals surface area contributed by atoms with Gasteiger partial charge in [-0.25, -0.2) is 0 Å². The summed E-state index contributed by atoms with van der Waals surface area (Å²) < 4.78 is 17.0. The van der Waals surface area contributed by atoms with Crippen LogP contribution in [0.25, 0.3) is 0 Å². The van der Waals surface area contributed by atoms with Crippen molar-refractivity contribution in [3.05, 3.63) is 23.8 Å². The Labute approximate surface area is 208 Å². The molecule has 0 aromatic carbocycles. The van der Waals surface area contributed by atoms with Crippen LogP contribution in [0.4, 0.5) is 0 Å². The number of aliphatic hydroxyl groups is 1. The third-order valence-electron chi connectivity index (χ3n) is 9.75. The van der Waals surface area contributed by atoms with Gasteiger partial charge in [-0.15, -0.1) is 0 Å². The van der Waals surface area contributed by atoms with Crippen molar-refractivity contribution in [3.63, 3.8) is 0 Å². The van der Waals surface area contributed by atoms with Gasteiger partial charge >= 0.3 is 5.97 Å². The fourth-order valence-electron chi connectivity index (χ4n) is 8.54. The summed E-state index contributed by atoms with van der Waals surface area (Å²) in [6, 6.07) is 0. The zero-order chi connectivity index (χ0) is 25.8. The molecule has 1 N–H and O–H groups in total. The van der Waals surface area contributed by atoms with Gasteiger partial charge in [0.05, 0.1) is 6.10 Å². The Morgan fingerprint density at radius 1 is 1.20 bits per heavy atom. The number of carbonyl (C=O) groups excluding carboxylic acids is 3. The van der Waals surface area contributed by atoms with Crippen LogP contribution in [0.3, 0.4) is 0 Å². The van der Waals surface area contributed by atoms with Gasteiger partial charge in [-0.1, -0.05) is 39.3 Å². The van der Waals surface area contributed by atoms with Crippen molar-refractivity contribution in [2.45, 2.75) is 72.5 Å². The lowest BCUT2D eigenvalue weighted by Crippen LogP contribution is -2.64. The smallest absolute Gasteiger partial charge is 0.303 e. The van der Waals surface area contributed by atoms with Crippen LogP contribution in [0, 0.1) is 40.4 Å². The van der Waals surface area contributed by atoms with Gasteiger partial charge in [-0.05, 0) is 62.0 Å². The predicted octanol–water partition coefficient (Wildman–Crippen LogP) is 3.64. The van der Waals surface area contributed by atoms with Crippen LogP contribution >= 0.6 is 0 Å². The summed E-state index contributed by atoms with van der Waals surface area (Å²) in [5.41, 5.74) is -1.19. The summed E-state index contributed by atoms with van der Waals surface area (Å²) >= 11 is 0. The first-order chi connectivity index (χ1) is 16.4. The second kappa shape index (κ2) is 9.24. The lowest BCUT2D eigenvalue weighted by atomic mass is 9.44. The minimum Gasteiger partial charge on any atom is -0.458 e. The van der Waals surface area contributed by atoms with Crippen molar-refractivity contribution in [2.75, 3.05) is 20.0 Å². The maximum absolute atomic E-state index is 13.8. The molecule has 7 nitrogen and oxygen atoms in total. The normalized spacial score (nSPS) is 44.2. The van der Waals surface area contributed by atoms with Crippen molar-refractivity contribution in [2.24, 2.45) is 40.4 Å². The molecule has 0 saturated heterocycles. The Morgan fingerprint density at radius 3 is 2.57 bits per heavy atom. The molecule has 9 atom stereocenters. The van der Waals surface area contributed by atoms with Gasteiger partial charge in [0.25, 0.3) is 0 Å². The van der Waals surface area contributed by atoms with E-state index in [1.807, 2.05) is 19.9 Å². The van der Waals surface area contributed by atoms with Gasteiger partial charge in [0.2, 0.25) is 5.78 Å². The van der Waals surface area contributed by atoms with Gasteiger partial charge in [0, 0.05) is 30.3 Å². The molecular weight excluding hydrogens is 448 g/mol. The van der Waals surface area contributed by atoms with E-state index < -0.39 is 28.5 Å². The number of ether oxygens (including phenoxy) is 3. The molecule has 0 bridgehead atoms. The molecule has 7 heteroatoms. The van der Waals surface area contributed by atoms with E-state index in [1.54, 1.807) is 12.2 Å². The summed E-state index contributed by atoms with van der Waals surface area (Å²) in [6.45, 7) is 11.6. The fraction of sp³-hybridized carbons (Fsp3) is 0.750. The molecule has 0 radical (unpaired) electrons. The molecule has 3 saturated carbocycles. The Kier molecular flexibility index (Phi) is 6.92. The van der Waals surface area contributed by atoms with Gasteiger partial charge in [-0.3, -0.25) is 14.4 Å². The summed E-state index contributed by atoms with van der Waals surface area (Å²) in [7, 11) is 0. The van der Waals surface area contributed by atoms with E-state index in [2.05, 4.69) is 20.8 Å². The Hall–Kier alpha value is -1.83. The van der Waals surface area contributed by atoms with Crippen molar-refractivity contribution in [1.29, 1.82) is 0 Å². The van der Waals surface area contributed by atoms with E-state index in [9.17, 15) is 19.5 Å². The number of carbonyl (C=O) groups is 3. The van der Waals surface area contributed by atoms with E-state index in [1.165, 1.54) is 6.92 Å². The van der Waals surface area contributed by atoms with E-state index in [-0.39, 0.29) is 54.6 Å².